The highest BCUT2D eigenvalue weighted by atomic mass is 127. The van der Waals surface area contributed by atoms with Crippen LogP contribution in [0.4, 0.5) is 45.5 Å². The number of fused-ring (bicyclic) bond motifs is 9. The zero-order chi connectivity index (χ0) is 75.7. The van der Waals surface area contributed by atoms with Crippen LogP contribution >= 0.6 is 86.3 Å². The Kier molecular flexibility index (Phi) is 23.2. The first-order chi connectivity index (χ1) is 53.6. The van der Waals surface area contributed by atoms with Crippen molar-refractivity contribution in [3.8, 4) is 22.3 Å². The number of nitrogens with one attached hydrogen (secondary N) is 1. The normalized spacial score (nSPS) is 12.6. The molecule has 110 heavy (non-hydrogen) atoms. The molecule has 0 atom stereocenters. The number of halogens is 5. The van der Waals surface area contributed by atoms with Crippen molar-refractivity contribution in [3.05, 3.63) is 385 Å². The molecule has 540 valence electrons. The molecular formula is C96H73BBr4IN3O5. The van der Waals surface area contributed by atoms with Crippen LogP contribution in [0.25, 0.3) is 88.1 Å². The molecule has 1 aliphatic heterocycles. The molecule has 0 saturated carbocycles. The zero-order valence-electron chi connectivity index (χ0n) is 60.5. The maximum absolute atomic E-state index is 6.53. The van der Waals surface area contributed by atoms with E-state index >= 15 is 0 Å². The minimum Gasteiger partial charge on any atom is -0.456 e. The molecule has 15 aromatic carbocycles. The highest BCUT2D eigenvalue weighted by molar-refractivity contribution is 14.1. The molecule has 14 heteroatoms. The molecular weight excluding hydrogens is 1730 g/mol. The molecule has 19 rings (SSSR count). The zero-order valence-corrected chi connectivity index (χ0v) is 69.0. The Hall–Kier alpha value is -10.3. The average Bonchev–Trinajstić information content (AvgIpc) is 1.54. The lowest BCUT2D eigenvalue weighted by Crippen LogP contribution is -2.41. The van der Waals surface area contributed by atoms with Crippen molar-refractivity contribution >= 4 is 210 Å². The van der Waals surface area contributed by atoms with Crippen molar-refractivity contribution < 1.29 is 22.6 Å². The van der Waals surface area contributed by atoms with Crippen molar-refractivity contribution in [1.82, 2.24) is 0 Å². The van der Waals surface area contributed by atoms with Gasteiger partial charge in [0.1, 0.15) is 33.5 Å². The molecule has 0 radical (unpaired) electrons. The van der Waals surface area contributed by atoms with Gasteiger partial charge < -0.3 is 37.7 Å². The van der Waals surface area contributed by atoms with Crippen molar-refractivity contribution in [2.24, 2.45) is 0 Å². The molecule has 18 aromatic rings. The van der Waals surface area contributed by atoms with Crippen LogP contribution in [0.2, 0.25) is 0 Å². The first-order valence-electron chi connectivity index (χ1n) is 36.1. The van der Waals surface area contributed by atoms with Gasteiger partial charge in [-0.15, -0.1) is 0 Å². The van der Waals surface area contributed by atoms with Crippen LogP contribution in [0.3, 0.4) is 0 Å². The summed E-state index contributed by atoms with van der Waals surface area (Å²) in [6, 6.07) is 125. The van der Waals surface area contributed by atoms with Crippen LogP contribution in [0.15, 0.2) is 395 Å². The fourth-order valence-corrected chi connectivity index (χ4v) is 17.6. The number of rotatable bonds is 11. The first kappa shape index (κ1) is 75.2. The maximum Gasteiger partial charge on any atom is 0.498 e. The topological polar surface area (TPSA) is 76.4 Å². The van der Waals surface area contributed by atoms with Gasteiger partial charge in [-0.1, -0.05) is 282 Å². The van der Waals surface area contributed by atoms with Gasteiger partial charge in [-0.2, -0.15) is 0 Å². The second kappa shape index (κ2) is 33.9. The minimum atomic E-state index is -0.408. The van der Waals surface area contributed by atoms with E-state index in [-0.39, 0.29) is 11.2 Å². The number of para-hydroxylation sites is 12. The third-order valence-electron chi connectivity index (χ3n) is 19.4. The maximum atomic E-state index is 6.53. The van der Waals surface area contributed by atoms with E-state index in [4.69, 9.17) is 22.6 Å². The largest absolute Gasteiger partial charge is 0.498 e. The number of furan rings is 3. The lowest BCUT2D eigenvalue weighted by atomic mass is 9.78. The molecule has 0 amide bonds. The van der Waals surface area contributed by atoms with Gasteiger partial charge in [-0.05, 0) is 207 Å². The summed E-state index contributed by atoms with van der Waals surface area (Å²) in [6.07, 6.45) is 0. The van der Waals surface area contributed by atoms with Gasteiger partial charge in [0.2, 0.25) is 0 Å². The molecule has 8 nitrogen and oxygen atoms in total. The van der Waals surface area contributed by atoms with Crippen LogP contribution < -0.4 is 20.6 Å². The molecule has 0 bridgehead atoms. The van der Waals surface area contributed by atoms with E-state index in [2.05, 4.69) is 354 Å². The number of anilines is 8. The standard InChI is InChI=1S/C42H27NO2.C18H19BO3.C18H13Br2N.C12H11N.C6H3Br2I/c1-3-13-30(14-4-1)43(31-15-5-2-6-16-31)32-26-28(33-19-11-21-37-35-17-7-9-23-39(35)44-41(33)37)25-29(27-32)34-20-12-22-38-36-18-8-10-24-40(36)45-42(34)38;1-17(2)18(3,4)22-19(21-17)14-10-7-9-13-12-8-5-6-11-15(12)20-16(13)14;19-14-11-15(20)13-18(12-14)21(16-7-3-1-4-8-16)17-9-5-2-6-10-17;1-3-7-11(8-4-1)13-12-9-5-2-6-10-12;7-4-1-5(8)3-6(9)2-4/h1-27H;5-11H,1-4H3;1-13H;1-10,13H;1-3H. The molecule has 3 aromatic heterocycles. The Morgan fingerprint density at radius 2 is 0.591 bits per heavy atom. The molecule has 4 heterocycles. The predicted octanol–water partition coefficient (Wildman–Crippen LogP) is 30.1. The summed E-state index contributed by atoms with van der Waals surface area (Å²) in [4.78, 5) is 4.54. The fourth-order valence-electron chi connectivity index (χ4n) is 13.5. The third kappa shape index (κ3) is 17.0. The summed E-state index contributed by atoms with van der Waals surface area (Å²) in [7, 11) is -0.408. The highest BCUT2D eigenvalue weighted by Gasteiger charge is 2.52. The number of benzene rings is 15. The Morgan fingerprint density at radius 3 is 0.964 bits per heavy atom. The van der Waals surface area contributed by atoms with Crippen molar-refractivity contribution in [3.63, 3.8) is 0 Å². The minimum absolute atomic E-state index is 0.355. The fraction of sp³-hybridized carbons (Fsp3) is 0.0625. The van der Waals surface area contributed by atoms with Crippen molar-refractivity contribution in [2.75, 3.05) is 15.1 Å². The second-order valence-electron chi connectivity index (χ2n) is 27.3. The molecule has 1 N–H and O–H groups in total. The average molecular weight is 1810 g/mol. The monoisotopic (exact) mass is 1800 g/mol. The summed E-state index contributed by atoms with van der Waals surface area (Å²) in [6.45, 7) is 8.25. The Labute approximate surface area is 688 Å². The van der Waals surface area contributed by atoms with E-state index in [0.29, 0.717) is 0 Å². The van der Waals surface area contributed by atoms with Gasteiger partial charge in [-0.25, -0.2) is 0 Å². The Balaban J connectivity index is 0.000000123. The Morgan fingerprint density at radius 1 is 0.291 bits per heavy atom. The van der Waals surface area contributed by atoms with E-state index in [1.807, 2.05) is 140 Å². The third-order valence-corrected chi connectivity index (χ3v) is 21.8. The molecule has 0 unspecified atom stereocenters. The van der Waals surface area contributed by atoms with Crippen LogP contribution in [0.1, 0.15) is 27.7 Å². The summed E-state index contributed by atoms with van der Waals surface area (Å²) in [5.74, 6) is 0. The lowest BCUT2D eigenvalue weighted by molar-refractivity contribution is 0.00578. The van der Waals surface area contributed by atoms with Crippen LogP contribution in [0, 0.1) is 3.57 Å². The van der Waals surface area contributed by atoms with E-state index in [9.17, 15) is 0 Å². The molecule has 1 fully saturated rings. The van der Waals surface area contributed by atoms with Crippen molar-refractivity contribution in [2.45, 2.75) is 38.9 Å². The molecule has 0 aliphatic carbocycles. The Bertz CT molecular complexity index is 5850. The van der Waals surface area contributed by atoms with Gasteiger partial charge in [-0.3, -0.25) is 0 Å². The number of nitrogens with zero attached hydrogens (tertiary/aromatic N) is 2. The van der Waals surface area contributed by atoms with E-state index in [0.717, 1.165) is 157 Å². The summed E-state index contributed by atoms with van der Waals surface area (Å²) in [5.41, 5.74) is 18.6. The number of hydrogen-bond donors (Lipinski definition) is 1. The highest BCUT2D eigenvalue weighted by Crippen LogP contribution is 2.46. The SMILES string of the molecule is Brc1cc(Br)cc(I)c1.Brc1cc(Br)cc(N(c2ccccc2)c2ccccc2)c1.CC1(C)OB(c2cccc3c2oc2ccccc23)OC1(C)C.c1ccc(N(c2ccccc2)c2cc(-c3cccc4c3oc3ccccc34)cc(-c3cccc4c3oc3ccccc34)c2)cc1.c1ccc(Nc2ccccc2)cc1. The summed E-state index contributed by atoms with van der Waals surface area (Å²) < 4.78 is 37.0. The predicted molar refractivity (Wildman–Crippen MR) is 483 cm³/mol. The van der Waals surface area contributed by atoms with E-state index < -0.39 is 7.12 Å². The second-order valence-corrected chi connectivity index (χ2v) is 32.2. The van der Waals surface area contributed by atoms with Gasteiger partial charge >= 0.3 is 7.12 Å². The van der Waals surface area contributed by atoms with Crippen LogP contribution in [0.5, 0.6) is 0 Å². The van der Waals surface area contributed by atoms with Crippen LogP contribution in [-0.2, 0) is 9.31 Å². The lowest BCUT2D eigenvalue weighted by Gasteiger charge is -2.32. The van der Waals surface area contributed by atoms with E-state index in [1.54, 1.807) is 0 Å². The first-order valence-corrected chi connectivity index (χ1v) is 40.3. The summed E-state index contributed by atoms with van der Waals surface area (Å²) in [5, 5.41) is 9.98. The number of hydrogen-bond acceptors (Lipinski definition) is 8. The van der Waals surface area contributed by atoms with Crippen LogP contribution in [-0.4, -0.2) is 18.3 Å². The van der Waals surface area contributed by atoms with Gasteiger partial charge in [0, 0.05) is 116 Å². The molecule has 0 spiro atoms. The smallest absolute Gasteiger partial charge is 0.456 e. The quantitative estimate of drug-likeness (QED) is 0.101. The van der Waals surface area contributed by atoms with Crippen molar-refractivity contribution in [1.29, 1.82) is 0 Å². The van der Waals surface area contributed by atoms with Gasteiger partial charge in [0.05, 0.1) is 11.2 Å². The van der Waals surface area contributed by atoms with Gasteiger partial charge in [0.15, 0.2) is 0 Å². The van der Waals surface area contributed by atoms with Gasteiger partial charge in [0.25, 0.3) is 0 Å². The molecule has 1 aliphatic rings. The van der Waals surface area contributed by atoms with E-state index in [1.165, 1.54) is 3.57 Å². The summed E-state index contributed by atoms with van der Waals surface area (Å²) >= 11 is 16.2. The molecule has 1 saturated heterocycles.